The molecule has 1 saturated heterocycles. The van der Waals surface area contributed by atoms with Crippen LogP contribution < -0.4 is 10.1 Å². The number of nitrogens with one attached hydrogen (secondary N) is 1. The number of carbonyl (C=O) groups excluding carboxylic acids is 2. The van der Waals surface area contributed by atoms with Gasteiger partial charge in [0.25, 0.3) is 5.69 Å². The summed E-state index contributed by atoms with van der Waals surface area (Å²) < 4.78 is 5.18. The number of anilines is 1. The maximum Gasteiger partial charge on any atom is 0.271 e. The first-order valence-corrected chi connectivity index (χ1v) is 11.0. The zero-order chi connectivity index (χ0) is 24.1. The number of thioether (sulfide) groups is 1. The molecular formula is C23H24N4O5S. The average molecular weight is 469 g/mol. The van der Waals surface area contributed by atoms with Gasteiger partial charge in [-0.3, -0.25) is 24.6 Å². The fourth-order valence-electron chi connectivity index (χ4n) is 3.24. The summed E-state index contributed by atoms with van der Waals surface area (Å²) >= 11 is 1.21. The molecule has 0 radical (unpaired) electrons. The standard InChI is InChI=1S/C23H24N4O5S/c1-5-10-26-22(29)20(33-23(26)25-17-11-14(2)6-7-15(17)3)13-21(28)24-18-12-16(27(30)31)8-9-19(18)32-4/h5-9,11-12,20H,1,10,13H2,2-4H3,(H,24,28). The molecule has 0 bridgehead atoms. The van der Waals surface area contributed by atoms with Crippen molar-refractivity contribution in [2.75, 3.05) is 19.0 Å². The summed E-state index contributed by atoms with van der Waals surface area (Å²) in [5.74, 6) is -0.430. The highest BCUT2D eigenvalue weighted by Gasteiger charge is 2.38. The van der Waals surface area contributed by atoms with E-state index >= 15 is 0 Å². The fourth-order valence-corrected chi connectivity index (χ4v) is 4.40. The molecule has 1 atom stereocenters. The second-order valence-corrected chi connectivity index (χ2v) is 8.59. The van der Waals surface area contributed by atoms with Crippen LogP contribution in [-0.2, 0) is 9.59 Å². The van der Waals surface area contributed by atoms with Crippen molar-refractivity contribution >= 4 is 45.8 Å². The van der Waals surface area contributed by atoms with Gasteiger partial charge >= 0.3 is 0 Å². The fraction of sp³-hybridized carbons (Fsp3) is 0.261. The maximum absolute atomic E-state index is 13.0. The Hall–Kier alpha value is -3.66. The lowest BCUT2D eigenvalue weighted by Crippen LogP contribution is -2.33. The number of aliphatic imine (C=N–C) groups is 1. The third-order valence-corrected chi connectivity index (χ3v) is 6.13. The van der Waals surface area contributed by atoms with E-state index in [0.717, 1.165) is 16.8 Å². The quantitative estimate of drug-likeness (QED) is 0.350. The Bertz CT molecular complexity index is 1150. The van der Waals surface area contributed by atoms with Gasteiger partial charge < -0.3 is 10.1 Å². The summed E-state index contributed by atoms with van der Waals surface area (Å²) in [5, 5.41) is 13.5. The van der Waals surface area contributed by atoms with Crippen molar-refractivity contribution in [2.24, 2.45) is 4.99 Å². The van der Waals surface area contributed by atoms with Gasteiger partial charge in [-0.2, -0.15) is 0 Å². The number of nitro groups is 1. The number of methoxy groups -OCH3 is 1. The van der Waals surface area contributed by atoms with Crippen molar-refractivity contribution in [1.29, 1.82) is 0 Å². The van der Waals surface area contributed by atoms with Gasteiger partial charge in [0.2, 0.25) is 11.8 Å². The van der Waals surface area contributed by atoms with Gasteiger partial charge in [0.15, 0.2) is 5.17 Å². The van der Waals surface area contributed by atoms with E-state index in [9.17, 15) is 19.7 Å². The van der Waals surface area contributed by atoms with E-state index < -0.39 is 16.1 Å². The molecule has 9 nitrogen and oxygen atoms in total. The minimum Gasteiger partial charge on any atom is -0.495 e. The first-order valence-electron chi connectivity index (χ1n) is 10.1. The van der Waals surface area contributed by atoms with Crippen LogP contribution in [0.5, 0.6) is 5.75 Å². The van der Waals surface area contributed by atoms with Crippen LogP contribution in [-0.4, -0.2) is 45.7 Å². The number of amides is 2. The highest BCUT2D eigenvalue weighted by molar-refractivity contribution is 8.15. The zero-order valence-electron chi connectivity index (χ0n) is 18.5. The molecule has 172 valence electrons. The van der Waals surface area contributed by atoms with Crippen LogP contribution in [0.3, 0.4) is 0 Å². The summed E-state index contributed by atoms with van der Waals surface area (Å²) in [5.41, 5.74) is 2.76. The van der Waals surface area contributed by atoms with Gasteiger partial charge in [0.1, 0.15) is 11.0 Å². The van der Waals surface area contributed by atoms with Crippen LogP contribution in [0.25, 0.3) is 0 Å². The first-order chi connectivity index (χ1) is 15.7. The topological polar surface area (TPSA) is 114 Å². The van der Waals surface area contributed by atoms with E-state index in [1.807, 2.05) is 32.0 Å². The molecule has 1 N–H and O–H groups in total. The minimum atomic E-state index is -0.682. The van der Waals surface area contributed by atoms with Crippen LogP contribution in [0, 0.1) is 24.0 Å². The van der Waals surface area contributed by atoms with Gasteiger partial charge in [-0.1, -0.05) is 30.0 Å². The molecule has 0 aromatic heterocycles. The minimum absolute atomic E-state index is 0.130. The molecule has 3 rings (SSSR count). The molecule has 1 unspecified atom stereocenters. The number of nitro benzene ring substituents is 1. The van der Waals surface area contributed by atoms with E-state index in [-0.39, 0.29) is 36.0 Å². The second kappa shape index (κ2) is 10.3. The van der Waals surface area contributed by atoms with Crippen molar-refractivity contribution in [3.05, 3.63) is 70.3 Å². The zero-order valence-corrected chi connectivity index (χ0v) is 19.3. The second-order valence-electron chi connectivity index (χ2n) is 7.42. The number of hydrogen-bond acceptors (Lipinski definition) is 7. The van der Waals surface area contributed by atoms with Crippen molar-refractivity contribution in [3.8, 4) is 5.75 Å². The SMILES string of the molecule is C=CCN1C(=O)C(CC(=O)Nc2cc([N+](=O)[O-])ccc2OC)SC1=Nc1cc(C)ccc1C. The number of hydrogen-bond donors (Lipinski definition) is 1. The summed E-state index contributed by atoms with van der Waals surface area (Å²) in [6.07, 6.45) is 1.47. The van der Waals surface area contributed by atoms with Gasteiger partial charge in [-0.05, 0) is 37.1 Å². The maximum atomic E-state index is 13.0. The lowest BCUT2D eigenvalue weighted by molar-refractivity contribution is -0.384. The molecule has 0 saturated carbocycles. The summed E-state index contributed by atoms with van der Waals surface area (Å²) in [7, 11) is 1.40. The molecule has 2 aromatic carbocycles. The van der Waals surface area contributed by atoms with Gasteiger partial charge in [-0.15, -0.1) is 6.58 Å². The predicted molar refractivity (Wildman–Crippen MR) is 129 cm³/mol. The van der Waals surface area contributed by atoms with Crippen LogP contribution in [0.15, 0.2) is 54.0 Å². The number of ether oxygens (including phenoxy) is 1. The molecule has 10 heteroatoms. The molecule has 2 aromatic rings. The Labute approximate surface area is 195 Å². The van der Waals surface area contributed by atoms with E-state index in [4.69, 9.17) is 4.74 Å². The number of nitrogens with zero attached hydrogens (tertiary/aromatic N) is 3. The number of benzene rings is 2. The lowest BCUT2D eigenvalue weighted by Gasteiger charge is -2.14. The predicted octanol–water partition coefficient (Wildman–Crippen LogP) is 4.37. The van der Waals surface area contributed by atoms with Crippen molar-refractivity contribution in [3.63, 3.8) is 0 Å². The third-order valence-electron chi connectivity index (χ3n) is 4.95. The summed E-state index contributed by atoms with van der Waals surface area (Å²) in [6, 6.07) is 9.80. The Morgan fingerprint density at radius 3 is 2.76 bits per heavy atom. The van der Waals surface area contributed by atoms with Crippen molar-refractivity contribution < 1.29 is 19.2 Å². The lowest BCUT2D eigenvalue weighted by atomic mass is 10.1. The molecule has 33 heavy (non-hydrogen) atoms. The van der Waals surface area contributed by atoms with E-state index in [1.54, 1.807) is 6.08 Å². The highest BCUT2D eigenvalue weighted by atomic mass is 32.2. The average Bonchev–Trinajstić information content (AvgIpc) is 3.05. The third kappa shape index (κ3) is 5.58. The molecule has 1 heterocycles. The molecule has 0 spiro atoms. The van der Waals surface area contributed by atoms with Crippen LogP contribution in [0.4, 0.5) is 17.1 Å². The van der Waals surface area contributed by atoms with E-state index in [2.05, 4.69) is 16.9 Å². The Kier molecular flexibility index (Phi) is 7.49. The monoisotopic (exact) mass is 468 g/mol. The van der Waals surface area contributed by atoms with Gasteiger partial charge in [0, 0.05) is 25.1 Å². The summed E-state index contributed by atoms with van der Waals surface area (Å²) in [4.78, 5) is 42.4. The summed E-state index contributed by atoms with van der Waals surface area (Å²) in [6.45, 7) is 7.88. The number of carbonyl (C=O) groups is 2. The molecule has 2 amide bonds. The highest BCUT2D eigenvalue weighted by Crippen LogP contribution is 2.34. The normalized spacial score (nSPS) is 16.7. The number of amidine groups is 1. The smallest absolute Gasteiger partial charge is 0.271 e. The molecule has 1 aliphatic rings. The van der Waals surface area contributed by atoms with Crippen LogP contribution in [0.2, 0.25) is 0 Å². The van der Waals surface area contributed by atoms with Crippen molar-refractivity contribution in [1.82, 2.24) is 4.90 Å². The van der Waals surface area contributed by atoms with E-state index in [1.165, 1.54) is 42.0 Å². The molecule has 1 aliphatic heterocycles. The molecule has 0 aliphatic carbocycles. The van der Waals surface area contributed by atoms with Gasteiger partial charge in [0.05, 0.1) is 23.4 Å². The number of rotatable bonds is 8. The Morgan fingerprint density at radius 1 is 1.33 bits per heavy atom. The van der Waals surface area contributed by atoms with Gasteiger partial charge in [-0.25, -0.2) is 4.99 Å². The molecular weight excluding hydrogens is 444 g/mol. The van der Waals surface area contributed by atoms with Crippen molar-refractivity contribution in [2.45, 2.75) is 25.5 Å². The first kappa shape index (κ1) is 24.0. The Balaban J connectivity index is 1.80. The van der Waals surface area contributed by atoms with E-state index in [0.29, 0.717) is 5.17 Å². The van der Waals surface area contributed by atoms with Crippen LogP contribution >= 0.6 is 11.8 Å². The largest absolute Gasteiger partial charge is 0.495 e. The Morgan fingerprint density at radius 2 is 2.09 bits per heavy atom. The number of aryl methyl sites for hydroxylation is 2. The number of non-ortho nitro benzene ring substituents is 1. The molecule has 1 fully saturated rings. The van der Waals surface area contributed by atoms with Crippen LogP contribution in [0.1, 0.15) is 17.5 Å².